The molecule has 0 spiro atoms. The average Bonchev–Trinajstić information content (AvgIpc) is 3.16. The normalized spacial score (nSPS) is 13.0. The Balaban J connectivity index is 1.91. The van der Waals surface area contributed by atoms with Crippen molar-refractivity contribution < 1.29 is 19.4 Å². The van der Waals surface area contributed by atoms with Gasteiger partial charge in [-0.1, -0.05) is 0 Å². The molecule has 2 aromatic carbocycles. The molecule has 0 aliphatic carbocycles. The Hall–Kier alpha value is -2.56. The van der Waals surface area contributed by atoms with E-state index in [-0.39, 0.29) is 26.4 Å². The van der Waals surface area contributed by atoms with E-state index < -0.39 is 0 Å². The summed E-state index contributed by atoms with van der Waals surface area (Å²) in [6.07, 6.45) is 0. The van der Waals surface area contributed by atoms with Crippen LogP contribution >= 0.6 is 0 Å². The molecule has 1 aromatic heterocycles. The molecule has 5 nitrogen and oxygen atoms in total. The molecule has 0 amide bonds. The third kappa shape index (κ3) is 2.71. The van der Waals surface area contributed by atoms with E-state index in [4.69, 9.17) is 14.5 Å². The van der Waals surface area contributed by atoms with E-state index in [1.807, 2.05) is 18.2 Å². The molecule has 1 aliphatic rings. The molecule has 0 saturated carbocycles. The summed E-state index contributed by atoms with van der Waals surface area (Å²) in [4.78, 5) is 16.7. The van der Waals surface area contributed by atoms with Crippen molar-refractivity contribution in [3.05, 3.63) is 61.8 Å². The van der Waals surface area contributed by atoms with Crippen LogP contribution in [0.4, 0.5) is 5.69 Å². The molecule has 0 N–H and O–H groups in total. The molecule has 3 aromatic rings. The van der Waals surface area contributed by atoms with Crippen molar-refractivity contribution in [3.63, 3.8) is 0 Å². The maximum atomic E-state index is 11.9. The molecule has 26 heavy (non-hydrogen) atoms. The number of benzene rings is 2. The molecule has 0 radical (unpaired) electrons. The first-order valence-electron chi connectivity index (χ1n) is 8.39. The summed E-state index contributed by atoms with van der Waals surface area (Å²) in [6.45, 7) is 4.30. The summed E-state index contributed by atoms with van der Waals surface area (Å²) in [5, 5.41) is 15.5. The first-order chi connectivity index (χ1) is 12.6. The van der Waals surface area contributed by atoms with E-state index in [0.29, 0.717) is 24.0 Å². The fraction of sp³-hybridized carbons (Fsp3) is 0.200. The molecule has 1 aliphatic heterocycles. The van der Waals surface area contributed by atoms with Crippen LogP contribution in [0.15, 0.2) is 41.4 Å². The van der Waals surface area contributed by atoms with Crippen LogP contribution in [0.1, 0.15) is 24.2 Å². The molecule has 132 valence electrons. The SMILES string of the molecule is CCOC(=O)c1ccc2c3c([se]c2c1)=c1ccc(=C([O-])OCC)cc1N=3. The Morgan fingerprint density at radius 3 is 2.69 bits per heavy atom. The number of carbonyl (C=O) groups is 1. The predicted molar refractivity (Wildman–Crippen MR) is 96.4 cm³/mol. The van der Waals surface area contributed by atoms with Gasteiger partial charge in [0.05, 0.1) is 0 Å². The Bertz CT molecular complexity index is 1240. The summed E-state index contributed by atoms with van der Waals surface area (Å²) < 4.78 is 12.5. The van der Waals surface area contributed by atoms with E-state index in [0.717, 1.165) is 25.9 Å². The zero-order chi connectivity index (χ0) is 18.3. The number of carbonyl (C=O) groups excluding carboxylic acids is 1. The van der Waals surface area contributed by atoms with Crippen molar-refractivity contribution in [2.24, 2.45) is 4.99 Å². The molecular weight excluding hydrogens is 397 g/mol. The molecule has 0 atom stereocenters. The second kappa shape index (κ2) is 6.63. The first-order valence-corrected chi connectivity index (χ1v) is 10.1. The minimum atomic E-state index is -0.331. The molecule has 0 saturated heterocycles. The zero-order valence-corrected chi connectivity index (χ0v) is 16.1. The number of nitrogens with zero attached hydrogens (tertiary/aromatic N) is 1. The van der Waals surface area contributed by atoms with E-state index in [9.17, 15) is 9.90 Å². The Morgan fingerprint density at radius 1 is 1.12 bits per heavy atom. The topological polar surface area (TPSA) is 71.0 Å². The standard InChI is InChI=1S/C20H17NO4Se/c1-3-24-19(22)11-5-7-13-15(9-11)21-17-14-8-6-12(20(23)25-4-2)10-16(14)26-18(13)17/h5-10,22H,3-4H2,1-2H3/p-1. The molecule has 4 rings (SSSR count). The van der Waals surface area contributed by atoms with Crippen molar-refractivity contribution in [1.29, 1.82) is 0 Å². The molecule has 0 fully saturated rings. The second-order valence-electron chi connectivity index (χ2n) is 5.78. The second-order valence-corrected chi connectivity index (χ2v) is 7.98. The minimum absolute atomic E-state index is 0.0629. The fourth-order valence-electron chi connectivity index (χ4n) is 3.00. The van der Waals surface area contributed by atoms with E-state index >= 15 is 0 Å². The van der Waals surface area contributed by atoms with Crippen LogP contribution in [-0.4, -0.2) is 33.7 Å². The summed E-state index contributed by atoms with van der Waals surface area (Å²) >= 11 is 0.0629. The molecule has 0 bridgehead atoms. The summed E-state index contributed by atoms with van der Waals surface area (Å²) in [6, 6.07) is 11.1. The van der Waals surface area contributed by atoms with Gasteiger partial charge in [-0.05, 0) is 0 Å². The number of ether oxygens (including phenoxy) is 2. The van der Waals surface area contributed by atoms with Crippen molar-refractivity contribution >= 4 is 41.8 Å². The van der Waals surface area contributed by atoms with Crippen molar-refractivity contribution in [3.8, 4) is 0 Å². The summed E-state index contributed by atoms with van der Waals surface area (Å²) in [7, 11) is 0. The van der Waals surface area contributed by atoms with Gasteiger partial charge >= 0.3 is 155 Å². The predicted octanol–water partition coefficient (Wildman–Crippen LogP) is 1.09. The monoisotopic (exact) mass is 414 g/mol. The van der Waals surface area contributed by atoms with Gasteiger partial charge in [-0.2, -0.15) is 0 Å². The van der Waals surface area contributed by atoms with Crippen LogP contribution in [-0.2, 0) is 9.47 Å². The van der Waals surface area contributed by atoms with Crippen LogP contribution in [0.5, 0.6) is 0 Å². The van der Waals surface area contributed by atoms with Crippen LogP contribution in [0.25, 0.3) is 15.6 Å². The van der Waals surface area contributed by atoms with Crippen LogP contribution in [0.3, 0.4) is 0 Å². The van der Waals surface area contributed by atoms with Crippen molar-refractivity contribution in [2.45, 2.75) is 13.8 Å². The quantitative estimate of drug-likeness (QED) is 0.371. The first kappa shape index (κ1) is 16.9. The van der Waals surface area contributed by atoms with Crippen LogP contribution < -0.4 is 15.7 Å². The number of hydrogen-bond donors (Lipinski definition) is 0. The average molecular weight is 413 g/mol. The summed E-state index contributed by atoms with van der Waals surface area (Å²) in [5.74, 6) is -0.628. The van der Waals surface area contributed by atoms with Gasteiger partial charge in [0.1, 0.15) is 0 Å². The number of rotatable bonds is 4. The summed E-state index contributed by atoms with van der Waals surface area (Å²) in [5.41, 5.74) is 1.38. The van der Waals surface area contributed by atoms with Gasteiger partial charge in [-0.3, -0.25) is 0 Å². The van der Waals surface area contributed by atoms with Gasteiger partial charge in [0.15, 0.2) is 0 Å². The number of esters is 1. The fourth-order valence-corrected chi connectivity index (χ4v) is 5.55. The van der Waals surface area contributed by atoms with Crippen molar-refractivity contribution in [2.75, 3.05) is 13.2 Å². The van der Waals surface area contributed by atoms with Gasteiger partial charge in [0, 0.05) is 0 Å². The third-order valence-corrected chi connectivity index (χ3v) is 6.63. The molecular formula is C20H16NO4Se-. The van der Waals surface area contributed by atoms with E-state index in [1.54, 1.807) is 32.0 Å². The van der Waals surface area contributed by atoms with E-state index in [2.05, 4.69) is 0 Å². The van der Waals surface area contributed by atoms with Gasteiger partial charge in [-0.15, -0.1) is 0 Å². The zero-order valence-electron chi connectivity index (χ0n) is 14.4. The van der Waals surface area contributed by atoms with Crippen LogP contribution in [0.2, 0.25) is 0 Å². The number of hydrogen-bond acceptors (Lipinski definition) is 5. The third-order valence-electron chi connectivity index (χ3n) is 4.16. The van der Waals surface area contributed by atoms with Crippen LogP contribution in [0, 0.1) is 9.31 Å². The van der Waals surface area contributed by atoms with Gasteiger partial charge in [0.2, 0.25) is 0 Å². The Labute approximate surface area is 155 Å². The Morgan fingerprint density at radius 2 is 1.92 bits per heavy atom. The number of fused-ring (bicyclic) bond motifs is 4. The van der Waals surface area contributed by atoms with Gasteiger partial charge in [0.25, 0.3) is 0 Å². The molecule has 2 heterocycles. The Kier molecular flexibility index (Phi) is 4.31. The molecule has 0 unspecified atom stereocenters. The van der Waals surface area contributed by atoms with Gasteiger partial charge in [-0.25, -0.2) is 0 Å². The maximum absolute atomic E-state index is 11.9. The van der Waals surface area contributed by atoms with Crippen molar-refractivity contribution in [1.82, 2.24) is 0 Å². The van der Waals surface area contributed by atoms with E-state index in [1.165, 1.54) is 4.09 Å². The van der Waals surface area contributed by atoms with Gasteiger partial charge < -0.3 is 0 Å². The molecule has 6 heteroatoms.